The van der Waals surface area contributed by atoms with Gasteiger partial charge >= 0.3 is 0 Å². The Labute approximate surface area is 150 Å². The number of carbonyl (C=O) groups is 1. The van der Waals surface area contributed by atoms with Crippen LogP contribution in [0.4, 0.5) is 5.69 Å². The van der Waals surface area contributed by atoms with Crippen LogP contribution >= 0.6 is 11.3 Å². The molecule has 0 spiro atoms. The van der Waals surface area contributed by atoms with Crippen LogP contribution in [0.15, 0.2) is 35.7 Å². The normalized spacial score (nSPS) is 16.8. The van der Waals surface area contributed by atoms with E-state index >= 15 is 0 Å². The smallest absolute Gasteiger partial charge is 0.265 e. The van der Waals surface area contributed by atoms with Crippen LogP contribution in [0.5, 0.6) is 0 Å². The molecule has 3 heterocycles. The zero-order valence-corrected chi connectivity index (χ0v) is 14.9. The van der Waals surface area contributed by atoms with Gasteiger partial charge in [0, 0.05) is 12.8 Å². The maximum absolute atomic E-state index is 12.2. The Hall–Kier alpha value is -2.22. The van der Waals surface area contributed by atoms with E-state index in [0.29, 0.717) is 4.88 Å². The highest BCUT2D eigenvalue weighted by Gasteiger charge is 2.22. The number of amides is 1. The van der Waals surface area contributed by atoms with Gasteiger partial charge in [-0.25, -0.2) is 4.98 Å². The minimum absolute atomic E-state index is 0.0755. The van der Waals surface area contributed by atoms with Crippen LogP contribution in [0, 0.1) is 0 Å². The summed E-state index contributed by atoms with van der Waals surface area (Å²) in [7, 11) is 1.74. The maximum atomic E-state index is 12.2. The summed E-state index contributed by atoms with van der Waals surface area (Å²) in [4.78, 5) is 19.2. The van der Waals surface area contributed by atoms with Gasteiger partial charge in [0.15, 0.2) is 5.82 Å². The quantitative estimate of drug-likeness (QED) is 0.726. The molecule has 4 rings (SSSR count). The van der Waals surface area contributed by atoms with E-state index in [1.54, 1.807) is 7.11 Å². The monoisotopic (exact) mass is 357 g/mol. The van der Waals surface area contributed by atoms with Crippen molar-refractivity contribution in [3.05, 3.63) is 46.4 Å². The van der Waals surface area contributed by atoms with Gasteiger partial charge in [-0.15, -0.1) is 11.3 Å². The van der Waals surface area contributed by atoms with Crippen LogP contribution < -0.4 is 10.2 Å². The first kappa shape index (κ1) is 16.3. The SMILES string of the molecule is COCC[NH+]1CCn2c(nc3cc(NC(=O)c4cccs4)ccc32)C1. The molecule has 0 saturated carbocycles. The number of nitrogens with zero attached hydrogens (tertiary/aromatic N) is 2. The number of benzene rings is 1. The van der Waals surface area contributed by atoms with Crippen LogP contribution in [-0.4, -0.2) is 42.3 Å². The molecule has 0 saturated heterocycles. The fourth-order valence-electron chi connectivity index (χ4n) is 3.28. The minimum Gasteiger partial charge on any atom is -0.379 e. The number of aromatic nitrogens is 2. The standard InChI is InChI=1S/C18H20N4O2S/c1-24-9-8-21-6-7-22-15-5-4-13(11-14(15)20-17(22)12-21)19-18(23)16-3-2-10-25-16/h2-5,10-11H,6-9,12H2,1H3,(H,19,23)/p+1. The minimum atomic E-state index is -0.0755. The second kappa shape index (κ2) is 6.95. The van der Waals surface area contributed by atoms with Crippen molar-refractivity contribution in [1.82, 2.24) is 9.55 Å². The van der Waals surface area contributed by atoms with E-state index in [4.69, 9.17) is 9.72 Å². The maximum Gasteiger partial charge on any atom is 0.265 e. The van der Waals surface area contributed by atoms with Gasteiger partial charge in [0.1, 0.15) is 13.1 Å². The van der Waals surface area contributed by atoms with Crippen molar-refractivity contribution in [2.45, 2.75) is 13.1 Å². The Morgan fingerprint density at radius 2 is 2.36 bits per heavy atom. The van der Waals surface area contributed by atoms with Gasteiger partial charge in [-0.3, -0.25) is 4.79 Å². The Kier molecular flexibility index (Phi) is 4.52. The van der Waals surface area contributed by atoms with Crippen LogP contribution in [-0.2, 0) is 17.8 Å². The van der Waals surface area contributed by atoms with Crippen molar-refractivity contribution in [2.24, 2.45) is 0 Å². The average molecular weight is 357 g/mol. The highest BCUT2D eigenvalue weighted by Crippen LogP contribution is 2.22. The van der Waals surface area contributed by atoms with Crippen LogP contribution in [0.25, 0.3) is 11.0 Å². The third-order valence-corrected chi connectivity index (χ3v) is 5.46. The molecule has 1 unspecified atom stereocenters. The fourth-order valence-corrected chi connectivity index (χ4v) is 3.90. The zero-order chi connectivity index (χ0) is 17.2. The molecule has 3 aromatic rings. The number of quaternary nitrogens is 1. The van der Waals surface area contributed by atoms with Gasteiger partial charge in [-0.2, -0.15) is 0 Å². The Morgan fingerprint density at radius 3 is 3.16 bits per heavy atom. The summed E-state index contributed by atoms with van der Waals surface area (Å²) in [5, 5.41) is 4.86. The Morgan fingerprint density at radius 1 is 1.44 bits per heavy atom. The molecular formula is C18H21N4O2S+. The molecule has 1 atom stereocenters. The van der Waals surface area contributed by atoms with Crippen molar-refractivity contribution < 1.29 is 14.4 Å². The number of hydrogen-bond acceptors (Lipinski definition) is 4. The molecular weight excluding hydrogens is 336 g/mol. The number of ether oxygens (including phenoxy) is 1. The summed E-state index contributed by atoms with van der Waals surface area (Å²) >= 11 is 1.44. The number of imidazole rings is 1. The second-order valence-corrected chi connectivity index (χ2v) is 7.18. The highest BCUT2D eigenvalue weighted by molar-refractivity contribution is 7.12. The lowest BCUT2D eigenvalue weighted by atomic mass is 10.2. The molecule has 2 N–H and O–H groups in total. The molecule has 1 aliphatic heterocycles. The third kappa shape index (κ3) is 3.30. The first-order valence-electron chi connectivity index (χ1n) is 8.41. The number of methoxy groups -OCH3 is 1. The van der Waals surface area contributed by atoms with Crippen molar-refractivity contribution in [2.75, 3.05) is 32.1 Å². The highest BCUT2D eigenvalue weighted by atomic mass is 32.1. The summed E-state index contributed by atoms with van der Waals surface area (Å²) in [5.41, 5.74) is 2.85. The van der Waals surface area contributed by atoms with Gasteiger partial charge in [-0.05, 0) is 29.6 Å². The largest absolute Gasteiger partial charge is 0.379 e. The first-order chi connectivity index (χ1) is 12.2. The van der Waals surface area contributed by atoms with Gasteiger partial charge in [0.05, 0.1) is 35.6 Å². The molecule has 0 aliphatic carbocycles. The molecule has 1 amide bonds. The molecule has 0 bridgehead atoms. The van der Waals surface area contributed by atoms with E-state index < -0.39 is 0 Å². The lowest BCUT2D eigenvalue weighted by Crippen LogP contribution is -3.12. The molecule has 7 heteroatoms. The number of hydrogen-bond donors (Lipinski definition) is 2. The predicted octanol–water partition coefficient (Wildman–Crippen LogP) is 1.39. The van der Waals surface area contributed by atoms with E-state index in [-0.39, 0.29) is 5.91 Å². The van der Waals surface area contributed by atoms with E-state index in [1.807, 2.05) is 29.6 Å². The predicted molar refractivity (Wildman–Crippen MR) is 98.3 cm³/mol. The van der Waals surface area contributed by atoms with E-state index in [1.165, 1.54) is 16.2 Å². The fraction of sp³-hybridized carbons (Fsp3) is 0.333. The van der Waals surface area contributed by atoms with Crippen molar-refractivity contribution in [3.63, 3.8) is 0 Å². The summed E-state index contributed by atoms with van der Waals surface area (Å²) in [6, 6.07) is 9.67. The summed E-state index contributed by atoms with van der Waals surface area (Å²) in [5.74, 6) is 1.03. The third-order valence-electron chi connectivity index (χ3n) is 4.59. The van der Waals surface area contributed by atoms with Gasteiger partial charge in [0.25, 0.3) is 5.91 Å². The Balaban J connectivity index is 1.55. The van der Waals surface area contributed by atoms with Crippen LogP contribution in [0.3, 0.4) is 0 Å². The number of carbonyl (C=O) groups excluding carboxylic acids is 1. The van der Waals surface area contributed by atoms with Gasteiger partial charge in [-0.1, -0.05) is 6.07 Å². The summed E-state index contributed by atoms with van der Waals surface area (Å²) in [6.07, 6.45) is 0. The topological polar surface area (TPSA) is 60.6 Å². The van der Waals surface area contributed by atoms with E-state index in [0.717, 1.165) is 55.3 Å². The van der Waals surface area contributed by atoms with E-state index in [9.17, 15) is 4.79 Å². The van der Waals surface area contributed by atoms with Crippen molar-refractivity contribution in [1.29, 1.82) is 0 Å². The molecule has 1 aromatic carbocycles. The van der Waals surface area contributed by atoms with Gasteiger partial charge in [0.2, 0.25) is 0 Å². The Bertz CT molecular complexity index is 888. The lowest BCUT2D eigenvalue weighted by molar-refractivity contribution is -0.918. The summed E-state index contributed by atoms with van der Waals surface area (Å²) < 4.78 is 7.48. The second-order valence-electron chi connectivity index (χ2n) is 6.23. The van der Waals surface area contributed by atoms with Crippen LogP contribution in [0.2, 0.25) is 0 Å². The number of nitrogens with one attached hydrogen (secondary N) is 2. The first-order valence-corrected chi connectivity index (χ1v) is 9.29. The lowest BCUT2D eigenvalue weighted by Gasteiger charge is -2.24. The average Bonchev–Trinajstić information content (AvgIpc) is 3.26. The number of anilines is 1. The molecule has 6 nitrogen and oxygen atoms in total. The summed E-state index contributed by atoms with van der Waals surface area (Å²) in [6.45, 7) is 4.73. The van der Waals surface area contributed by atoms with Crippen LogP contribution in [0.1, 0.15) is 15.5 Å². The van der Waals surface area contributed by atoms with E-state index in [2.05, 4.69) is 16.0 Å². The molecule has 0 fully saturated rings. The van der Waals surface area contributed by atoms with Gasteiger partial charge < -0.3 is 19.5 Å². The van der Waals surface area contributed by atoms with Crippen molar-refractivity contribution in [3.8, 4) is 0 Å². The van der Waals surface area contributed by atoms with Crippen molar-refractivity contribution >= 4 is 34.0 Å². The number of thiophene rings is 1. The molecule has 25 heavy (non-hydrogen) atoms. The molecule has 1 aliphatic rings. The number of fused-ring (bicyclic) bond motifs is 3. The number of rotatable bonds is 5. The molecule has 0 radical (unpaired) electrons. The molecule has 130 valence electrons. The molecule has 2 aromatic heterocycles. The zero-order valence-electron chi connectivity index (χ0n) is 14.1.